The van der Waals surface area contributed by atoms with Gasteiger partial charge in [-0.05, 0) is 12.0 Å². The molecule has 110 valence electrons. The molecule has 2 amide bonds. The summed E-state index contributed by atoms with van der Waals surface area (Å²) in [6, 6.07) is 0.833. The van der Waals surface area contributed by atoms with E-state index in [1.807, 2.05) is 19.2 Å². The summed E-state index contributed by atoms with van der Waals surface area (Å²) in [7, 11) is 0. The van der Waals surface area contributed by atoms with Crippen molar-refractivity contribution in [2.45, 2.75) is 19.8 Å². The Morgan fingerprint density at radius 2 is 2.05 bits per heavy atom. The lowest BCUT2D eigenvalue weighted by Crippen LogP contribution is -2.19. The van der Waals surface area contributed by atoms with Crippen LogP contribution < -0.4 is 10.6 Å². The number of thiazole rings is 1. The second kappa shape index (κ2) is 6.31. The summed E-state index contributed by atoms with van der Waals surface area (Å²) in [5.41, 5.74) is 1.21. The van der Waals surface area contributed by atoms with Gasteiger partial charge in [0.25, 0.3) is 0 Å². The number of anilines is 2. The number of amides is 2. The molecule has 3 N–H and O–H groups in total. The molecule has 0 atom stereocenters. The molecule has 0 fully saturated rings. The summed E-state index contributed by atoms with van der Waals surface area (Å²) in [6.07, 6.45) is 2.58. The van der Waals surface area contributed by atoms with Crippen molar-refractivity contribution in [1.82, 2.24) is 9.97 Å². The van der Waals surface area contributed by atoms with Crippen molar-refractivity contribution in [1.29, 1.82) is 0 Å². The Bertz CT molecular complexity index is 669. The Balaban J connectivity index is 2.01. The van der Waals surface area contributed by atoms with Gasteiger partial charge in [-0.25, -0.2) is 14.6 Å². The van der Waals surface area contributed by atoms with Crippen LogP contribution in [-0.4, -0.2) is 27.1 Å². The number of hydrogen-bond acceptors (Lipinski definition) is 5. The van der Waals surface area contributed by atoms with Crippen molar-refractivity contribution in [2.24, 2.45) is 0 Å². The van der Waals surface area contributed by atoms with Crippen LogP contribution in [0, 0.1) is 0 Å². The van der Waals surface area contributed by atoms with Crippen molar-refractivity contribution >= 4 is 34.2 Å². The van der Waals surface area contributed by atoms with E-state index in [0.29, 0.717) is 10.8 Å². The van der Waals surface area contributed by atoms with Gasteiger partial charge in [0.1, 0.15) is 0 Å². The first-order chi connectivity index (χ1) is 9.95. The molecule has 8 heteroatoms. The van der Waals surface area contributed by atoms with Crippen LogP contribution in [0.3, 0.4) is 0 Å². The van der Waals surface area contributed by atoms with E-state index in [1.165, 1.54) is 29.8 Å². The third-order valence-corrected chi connectivity index (χ3v) is 3.35. The highest BCUT2D eigenvalue weighted by atomic mass is 32.1. The van der Waals surface area contributed by atoms with E-state index < -0.39 is 12.0 Å². The van der Waals surface area contributed by atoms with Gasteiger partial charge in [0, 0.05) is 11.6 Å². The summed E-state index contributed by atoms with van der Waals surface area (Å²) in [4.78, 5) is 30.7. The molecule has 0 saturated carbocycles. The number of carbonyl (C=O) groups is 2. The predicted molar refractivity (Wildman–Crippen MR) is 80.0 cm³/mol. The van der Waals surface area contributed by atoms with E-state index >= 15 is 0 Å². The molecule has 0 radical (unpaired) electrons. The molecule has 2 aromatic rings. The minimum Gasteiger partial charge on any atom is -0.478 e. The van der Waals surface area contributed by atoms with Crippen molar-refractivity contribution in [2.75, 3.05) is 10.6 Å². The third kappa shape index (κ3) is 3.99. The van der Waals surface area contributed by atoms with Crippen LogP contribution in [-0.2, 0) is 0 Å². The van der Waals surface area contributed by atoms with Gasteiger partial charge in [-0.2, -0.15) is 0 Å². The summed E-state index contributed by atoms with van der Waals surface area (Å²) in [5, 5.41) is 16.3. The minimum atomic E-state index is -1.10. The summed E-state index contributed by atoms with van der Waals surface area (Å²) < 4.78 is 0. The minimum absolute atomic E-state index is 0.00384. The standard InChI is InChI=1S/C13H14N4O3S/c1-7(2)10-6-21-13(16-10)17-12(20)15-9-3-8(11(18)19)4-14-5-9/h3-7H,1-2H3,(H,18,19)(H2,15,16,17,20). The first-order valence-electron chi connectivity index (χ1n) is 6.17. The zero-order chi connectivity index (χ0) is 15.4. The molecule has 0 spiro atoms. The lowest BCUT2D eigenvalue weighted by atomic mass is 10.2. The van der Waals surface area contributed by atoms with Crippen molar-refractivity contribution in [3.63, 3.8) is 0 Å². The molecule has 2 rings (SSSR count). The molecule has 0 aromatic carbocycles. The molecule has 2 heterocycles. The number of rotatable bonds is 4. The Hall–Kier alpha value is -2.48. The second-order valence-electron chi connectivity index (χ2n) is 4.58. The van der Waals surface area contributed by atoms with Gasteiger partial charge < -0.3 is 10.4 Å². The van der Waals surface area contributed by atoms with Gasteiger partial charge in [0.05, 0.1) is 23.1 Å². The number of nitrogens with zero attached hydrogens (tertiary/aromatic N) is 2. The van der Waals surface area contributed by atoms with Gasteiger partial charge in [-0.3, -0.25) is 10.3 Å². The van der Waals surface area contributed by atoms with Crippen LogP contribution >= 0.6 is 11.3 Å². The Labute approximate surface area is 125 Å². The van der Waals surface area contributed by atoms with Gasteiger partial charge >= 0.3 is 12.0 Å². The molecule has 21 heavy (non-hydrogen) atoms. The van der Waals surface area contributed by atoms with E-state index in [2.05, 4.69) is 20.6 Å². The molecule has 0 aliphatic heterocycles. The summed E-state index contributed by atoms with van der Waals surface area (Å²) in [5.74, 6) is -0.815. The van der Waals surface area contributed by atoms with Crippen LogP contribution in [0.5, 0.6) is 0 Å². The molecule has 0 bridgehead atoms. The zero-order valence-corrected chi connectivity index (χ0v) is 12.3. The monoisotopic (exact) mass is 306 g/mol. The van der Waals surface area contributed by atoms with Gasteiger partial charge in [-0.15, -0.1) is 11.3 Å². The zero-order valence-electron chi connectivity index (χ0n) is 11.5. The smallest absolute Gasteiger partial charge is 0.337 e. The molecule has 0 aliphatic rings. The molecular formula is C13H14N4O3S. The van der Waals surface area contributed by atoms with Gasteiger partial charge in [0.2, 0.25) is 0 Å². The third-order valence-electron chi connectivity index (χ3n) is 2.58. The topological polar surface area (TPSA) is 104 Å². The average molecular weight is 306 g/mol. The van der Waals surface area contributed by atoms with Crippen LogP contribution in [0.15, 0.2) is 23.8 Å². The maximum Gasteiger partial charge on any atom is 0.337 e. The van der Waals surface area contributed by atoms with Crippen LogP contribution in [0.25, 0.3) is 0 Å². The van der Waals surface area contributed by atoms with Gasteiger partial charge in [-0.1, -0.05) is 13.8 Å². The molecule has 7 nitrogen and oxygen atoms in total. The lowest BCUT2D eigenvalue weighted by molar-refractivity contribution is 0.0696. The molecule has 2 aromatic heterocycles. The highest BCUT2D eigenvalue weighted by Crippen LogP contribution is 2.21. The largest absolute Gasteiger partial charge is 0.478 e. The number of carbonyl (C=O) groups excluding carboxylic acids is 1. The lowest BCUT2D eigenvalue weighted by Gasteiger charge is -2.05. The van der Waals surface area contributed by atoms with Crippen LogP contribution in [0.1, 0.15) is 35.8 Å². The number of carboxylic acids is 1. The summed E-state index contributed by atoms with van der Waals surface area (Å²) >= 11 is 1.33. The maximum atomic E-state index is 11.8. The van der Waals surface area contributed by atoms with Crippen LogP contribution in [0.4, 0.5) is 15.6 Å². The van der Waals surface area contributed by atoms with E-state index in [1.54, 1.807) is 0 Å². The van der Waals surface area contributed by atoms with Gasteiger partial charge in [0.15, 0.2) is 5.13 Å². The first-order valence-corrected chi connectivity index (χ1v) is 7.05. The average Bonchev–Trinajstić information content (AvgIpc) is 2.87. The maximum absolute atomic E-state index is 11.8. The number of aromatic carboxylic acids is 1. The van der Waals surface area contributed by atoms with E-state index in [9.17, 15) is 9.59 Å². The van der Waals surface area contributed by atoms with E-state index in [0.717, 1.165) is 5.69 Å². The number of hydrogen-bond donors (Lipinski definition) is 3. The van der Waals surface area contributed by atoms with Crippen molar-refractivity contribution < 1.29 is 14.7 Å². The number of aromatic nitrogens is 2. The quantitative estimate of drug-likeness (QED) is 0.805. The fourth-order valence-electron chi connectivity index (χ4n) is 1.49. The van der Waals surface area contributed by atoms with Crippen molar-refractivity contribution in [3.05, 3.63) is 35.1 Å². The number of pyridine rings is 1. The first kappa shape index (κ1) is 14.9. The second-order valence-corrected chi connectivity index (χ2v) is 5.44. The molecule has 0 aliphatic carbocycles. The summed E-state index contributed by atoms with van der Waals surface area (Å²) in [6.45, 7) is 4.03. The van der Waals surface area contributed by atoms with E-state index in [-0.39, 0.29) is 11.5 Å². The molecule has 0 saturated heterocycles. The highest BCUT2D eigenvalue weighted by Gasteiger charge is 2.10. The predicted octanol–water partition coefficient (Wildman–Crippen LogP) is 3.00. The molecule has 0 unspecified atom stereocenters. The highest BCUT2D eigenvalue weighted by molar-refractivity contribution is 7.13. The number of urea groups is 1. The SMILES string of the molecule is CC(C)c1csc(NC(=O)Nc2cncc(C(=O)O)c2)n1. The Kier molecular flexibility index (Phi) is 4.49. The normalized spacial score (nSPS) is 10.4. The Morgan fingerprint density at radius 3 is 2.67 bits per heavy atom. The molecular weight excluding hydrogens is 292 g/mol. The fourth-order valence-corrected chi connectivity index (χ4v) is 2.36. The van der Waals surface area contributed by atoms with E-state index in [4.69, 9.17) is 5.11 Å². The number of nitrogens with one attached hydrogen (secondary N) is 2. The van der Waals surface area contributed by atoms with Crippen molar-refractivity contribution in [3.8, 4) is 0 Å². The fraction of sp³-hybridized carbons (Fsp3) is 0.231. The number of carboxylic acid groups (broad SMARTS) is 1. The van der Waals surface area contributed by atoms with Crippen LogP contribution in [0.2, 0.25) is 0 Å². The Morgan fingerprint density at radius 1 is 1.29 bits per heavy atom.